The molecule has 5 heteroatoms. The van der Waals surface area contributed by atoms with Gasteiger partial charge in [0.1, 0.15) is 11.1 Å². The maximum Gasteiger partial charge on any atom is 0.254 e. The summed E-state index contributed by atoms with van der Waals surface area (Å²) < 4.78 is 6.65. The van der Waals surface area contributed by atoms with Crippen LogP contribution >= 0.6 is 15.9 Å². The predicted molar refractivity (Wildman–Crippen MR) is 88.8 cm³/mol. The zero-order valence-corrected chi connectivity index (χ0v) is 13.4. The largest absolute Gasteiger partial charge is 0.438 e. The molecule has 0 atom stereocenters. The maximum absolute atomic E-state index is 11.7. The van der Waals surface area contributed by atoms with Crippen LogP contribution in [0.4, 0.5) is 5.69 Å². The summed E-state index contributed by atoms with van der Waals surface area (Å²) in [7, 11) is 0. The van der Waals surface area contributed by atoms with E-state index in [-0.39, 0.29) is 11.1 Å². The van der Waals surface area contributed by atoms with Crippen LogP contribution in [0.2, 0.25) is 0 Å². The van der Waals surface area contributed by atoms with Crippen LogP contribution in [0.1, 0.15) is 15.9 Å². The van der Waals surface area contributed by atoms with Crippen molar-refractivity contribution in [2.75, 3.05) is 0 Å². The van der Waals surface area contributed by atoms with E-state index >= 15 is 0 Å². The Balaban J connectivity index is 2.27. The molecule has 0 aliphatic rings. The van der Waals surface area contributed by atoms with E-state index < -0.39 is 5.91 Å². The van der Waals surface area contributed by atoms with Crippen molar-refractivity contribution >= 4 is 38.5 Å². The van der Waals surface area contributed by atoms with Crippen molar-refractivity contribution in [1.29, 1.82) is 0 Å². The number of rotatable bonds is 2. The van der Waals surface area contributed by atoms with Gasteiger partial charge in [0.25, 0.3) is 5.91 Å². The second kappa shape index (κ2) is 5.77. The van der Waals surface area contributed by atoms with Gasteiger partial charge in [-0.1, -0.05) is 33.6 Å². The lowest BCUT2D eigenvalue weighted by Crippen LogP contribution is -2.21. The number of nitrogens with two attached hydrogens (primary N) is 1. The third-order valence-corrected chi connectivity index (χ3v) is 3.73. The first-order valence-corrected chi connectivity index (χ1v) is 7.47. The van der Waals surface area contributed by atoms with Crippen molar-refractivity contribution in [2.24, 2.45) is 10.7 Å². The van der Waals surface area contributed by atoms with E-state index in [4.69, 9.17) is 10.2 Å². The first-order chi connectivity index (χ1) is 10.5. The van der Waals surface area contributed by atoms with Crippen LogP contribution in [0, 0.1) is 6.92 Å². The van der Waals surface area contributed by atoms with Gasteiger partial charge in [-0.05, 0) is 43.3 Å². The number of aryl methyl sites for hydroxylation is 1. The summed E-state index contributed by atoms with van der Waals surface area (Å²) in [5.41, 5.74) is 8.39. The molecule has 0 bridgehead atoms. The summed E-state index contributed by atoms with van der Waals surface area (Å²) >= 11 is 3.39. The number of halogens is 1. The summed E-state index contributed by atoms with van der Waals surface area (Å²) in [5.74, 6) is -0.573. The molecule has 0 radical (unpaired) electrons. The van der Waals surface area contributed by atoms with Crippen LogP contribution in [0.15, 0.2) is 62.4 Å². The zero-order valence-electron chi connectivity index (χ0n) is 11.8. The van der Waals surface area contributed by atoms with E-state index in [0.717, 1.165) is 15.4 Å². The molecule has 0 saturated carbocycles. The van der Waals surface area contributed by atoms with Gasteiger partial charge in [0.2, 0.25) is 5.55 Å². The van der Waals surface area contributed by atoms with Gasteiger partial charge in [-0.2, -0.15) is 0 Å². The number of nitrogens with zero attached hydrogens (tertiary/aromatic N) is 1. The Bertz CT molecular complexity index is 928. The second-order valence-electron chi connectivity index (χ2n) is 4.96. The van der Waals surface area contributed by atoms with Crippen molar-refractivity contribution in [3.8, 4) is 0 Å². The van der Waals surface area contributed by atoms with E-state index in [1.807, 2.05) is 49.4 Å². The Labute approximate surface area is 135 Å². The fourth-order valence-corrected chi connectivity index (χ4v) is 2.48. The molecule has 0 spiro atoms. The molecular formula is C17H13BrN2O2. The number of carbonyl (C=O) groups is 1. The molecule has 4 nitrogen and oxygen atoms in total. The molecule has 0 fully saturated rings. The molecule has 2 N–H and O–H groups in total. The van der Waals surface area contributed by atoms with Crippen molar-refractivity contribution < 1.29 is 9.21 Å². The molecule has 1 amide bonds. The van der Waals surface area contributed by atoms with Gasteiger partial charge in [0.05, 0.1) is 5.69 Å². The van der Waals surface area contributed by atoms with Crippen LogP contribution in [-0.4, -0.2) is 5.91 Å². The van der Waals surface area contributed by atoms with Gasteiger partial charge in [-0.3, -0.25) is 4.79 Å². The first kappa shape index (κ1) is 14.5. The summed E-state index contributed by atoms with van der Waals surface area (Å²) in [6.07, 6.45) is 0. The van der Waals surface area contributed by atoms with Crippen molar-refractivity contribution in [3.63, 3.8) is 0 Å². The molecule has 0 aliphatic carbocycles. The monoisotopic (exact) mass is 356 g/mol. The number of hydrogen-bond acceptors (Lipinski definition) is 3. The van der Waals surface area contributed by atoms with E-state index in [9.17, 15) is 4.79 Å². The molecule has 2 aromatic carbocycles. The quantitative estimate of drug-likeness (QED) is 0.757. The minimum absolute atomic E-state index is 0.214. The highest BCUT2D eigenvalue weighted by Crippen LogP contribution is 2.20. The summed E-state index contributed by atoms with van der Waals surface area (Å²) in [4.78, 5) is 16.1. The molecule has 22 heavy (non-hydrogen) atoms. The SMILES string of the molecule is Cc1ccc(N=c2oc3ccc(Br)cc3cc2C(N)=O)cc1. The molecule has 3 aromatic rings. The second-order valence-corrected chi connectivity index (χ2v) is 5.87. The van der Waals surface area contributed by atoms with E-state index in [1.165, 1.54) is 0 Å². The topological polar surface area (TPSA) is 68.6 Å². The fraction of sp³-hybridized carbons (Fsp3) is 0.0588. The highest BCUT2D eigenvalue weighted by molar-refractivity contribution is 9.10. The predicted octanol–water partition coefficient (Wildman–Crippen LogP) is 3.84. The normalized spacial score (nSPS) is 11.8. The van der Waals surface area contributed by atoms with E-state index in [2.05, 4.69) is 20.9 Å². The Morgan fingerprint density at radius 2 is 1.86 bits per heavy atom. The average molecular weight is 357 g/mol. The average Bonchev–Trinajstić information content (AvgIpc) is 2.49. The molecule has 0 saturated heterocycles. The highest BCUT2D eigenvalue weighted by Gasteiger charge is 2.09. The molecule has 0 unspecified atom stereocenters. The fourth-order valence-electron chi connectivity index (χ4n) is 2.10. The standard InChI is InChI=1S/C17H13BrN2O2/c1-10-2-5-13(6-3-10)20-17-14(16(19)21)9-11-8-12(18)4-7-15(11)22-17/h2-9H,1H3,(H2,19,21). The van der Waals surface area contributed by atoms with Crippen molar-refractivity contribution in [3.05, 3.63) is 69.7 Å². The van der Waals surface area contributed by atoms with Gasteiger partial charge in [-0.25, -0.2) is 4.99 Å². The third-order valence-electron chi connectivity index (χ3n) is 3.24. The van der Waals surface area contributed by atoms with Gasteiger partial charge < -0.3 is 10.2 Å². The third kappa shape index (κ3) is 2.94. The van der Waals surface area contributed by atoms with Crippen LogP contribution in [0.25, 0.3) is 11.0 Å². The Morgan fingerprint density at radius 3 is 2.55 bits per heavy atom. The number of benzene rings is 2. The number of fused-ring (bicyclic) bond motifs is 1. The first-order valence-electron chi connectivity index (χ1n) is 6.67. The minimum Gasteiger partial charge on any atom is -0.438 e. The van der Waals surface area contributed by atoms with E-state index in [0.29, 0.717) is 11.3 Å². The van der Waals surface area contributed by atoms with Gasteiger partial charge in [0.15, 0.2) is 0 Å². The Hall–Kier alpha value is -2.40. The zero-order chi connectivity index (χ0) is 15.7. The Morgan fingerprint density at radius 1 is 1.14 bits per heavy atom. The molecule has 0 aliphatic heterocycles. The summed E-state index contributed by atoms with van der Waals surface area (Å²) in [5, 5.41) is 0.783. The smallest absolute Gasteiger partial charge is 0.254 e. The van der Waals surface area contributed by atoms with Crippen molar-refractivity contribution in [1.82, 2.24) is 0 Å². The molecule has 1 heterocycles. The maximum atomic E-state index is 11.7. The number of carbonyl (C=O) groups excluding carboxylic acids is 1. The summed E-state index contributed by atoms with van der Waals surface area (Å²) in [6.45, 7) is 2.00. The number of hydrogen-bond donors (Lipinski definition) is 1. The molecule has 110 valence electrons. The Kier molecular flexibility index (Phi) is 3.81. The van der Waals surface area contributed by atoms with Crippen molar-refractivity contribution in [2.45, 2.75) is 6.92 Å². The minimum atomic E-state index is -0.573. The van der Waals surface area contributed by atoms with Gasteiger partial charge in [-0.15, -0.1) is 0 Å². The lowest BCUT2D eigenvalue weighted by atomic mass is 10.2. The van der Waals surface area contributed by atoms with E-state index in [1.54, 1.807) is 6.07 Å². The molecule has 1 aromatic heterocycles. The van der Waals surface area contributed by atoms with Gasteiger partial charge >= 0.3 is 0 Å². The highest BCUT2D eigenvalue weighted by atomic mass is 79.9. The molecule has 3 rings (SSSR count). The number of primary amides is 1. The molecular weight excluding hydrogens is 344 g/mol. The van der Waals surface area contributed by atoms with Crippen LogP contribution in [0.3, 0.4) is 0 Å². The lowest BCUT2D eigenvalue weighted by Gasteiger charge is -2.02. The van der Waals surface area contributed by atoms with Crippen LogP contribution < -0.4 is 11.3 Å². The van der Waals surface area contributed by atoms with Crippen LogP contribution in [0.5, 0.6) is 0 Å². The van der Waals surface area contributed by atoms with Gasteiger partial charge in [0, 0.05) is 9.86 Å². The number of amides is 1. The lowest BCUT2D eigenvalue weighted by molar-refractivity contribution is 0.0996. The van der Waals surface area contributed by atoms with Crippen LogP contribution in [-0.2, 0) is 0 Å². The summed E-state index contributed by atoms with van der Waals surface area (Å²) in [6, 6.07) is 14.9.